The standard InChI is InChI=1S/C32H33FN2O4/c33-26-15-12-23(13-16-26)14-17-28(36)35-21-19-31(20-22-35,25-9-2-1-3-10-25)30(38)39-32(29(34)37)18-6-8-24-7-4-5-11-27(24)32/h1-5,7,9-13,15-16H,6,8,14,17-22H2,(H2,34,37). The molecule has 5 rings (SSSR count). The van der Waals surface area contributed by atoms with Gasteiger partial charge in [0.2, 0.25) is 11.5 Å². The monoisotopic (exact) mass is 528 g/mol. The minimum atomic E-state index is -1.52. The molecule has 1 aliphatic heterocycles. The molecule has 202 valence electrons. The highest BCUT2D eigenvalue weighted by molar-refractivity contribution is 5.91. The van der Waals surface area contributed by atoms with Gasteiger partial charge in [0.05, 0.1) is 5.41 Å². The predicted molar refractivity (Wildman–Crippen MR) is 145 cm³/mol. The molecule has 2 N–H and O–H groups in total. The summed E-state index contributed by atoms with van der Waals surface area (Å²) in [6.45, 7) is 0.763. The Kier molecular flexibility index (Phi) is 7.51. The van der Waals surface area contributed by atoms with Crippen LogP contribution in [0.5, 0.6) is 0 Å². The maximum atomic E-state index is 14.2. The fourth-order valence-electron chi connectivity index (χ4n) is 6.03. The number of carbonyl (C=O) groups is 3. The SMILES string of the molecule is NC(=O)C1(OC(=O)C2(c3ccccc3)CCN(C(=O)CCc3ccc(F)cc3)CC2)CCCc2ccccc21. The lowest BCUT2D eigenvalue weighted by Crippen LogP contribution is -2.54. The number of nitrogens with two attached hydrogens (primary N) is 1. The molecule has 0 spiro atoms. The molecule has 1 atom stereocenters. The first-order valence-electron chi connectivity index (χ1n) is 13.5. The van der Waals surface area contributed by atoms with Gasteiger partial charge in [-0.25, -0.2) is 4.39 Å². The zero-order valence-electron chi connectivity index (χ0n) is 21.9. The molecule has 3 aromatic carbocycles. The zero-order valence-corrected chi connectivity index (χ0v) is 21.9. The fraction of sp³-hybridized carbons (Fsp3) is 0.344. The number of ether oxygens (including phenoxy) is 1. The van der Waals surface area contributed by atoms with Gasteiger partial charge < -0.3 is 15.4 Å². The molecular weight excluding hydrogens is 495 g/mol. The molecule has 0 aromatic heterocycles. The van der Waals surface area contributed by atoms with E-state index in [1.165, 1.54) is 12.1 Å². The van der Waals surface area contributed by atoms with E-state index in [2.05, 4.69) is 0 Å². The second kappa shape index (κ2) is 11.0. The van der Waals surface area contributed by atoms with Gasteiger partial charge in [-0.3, -0.25) is 14.4 Å². The number of nitrogens with zero attached hydrogens (tertiary/aromatic N) is 1. The minimum absolute atomic E-state index is 0.0100. The zero-order chi connectivity index (χ0) is 27.5. The summed E-state index contributed by atoms with van der Waals surface area (Å²) < 4.78 is 19.4. The van der Waals surface area contributed by atoms with E-state index in [9.17, 15) is 18.8 Å². The van der Waals surface area contributed by atoms with Crippen LogP contribution in [0.25, 0.3) is 0 Å². The number of benzene rings is 3. The van der Waals surface area contributed by atoms with Crippen molar-refractivity contribution in [1.29, 1.82) is 0 Å². The lowest BCUT2D eigenvalue weighted by atomic mass is 9.72. The number of rotatable bonds is 7. The van der Waals surface area contributed by atoms with Crippen LogP contribution in [-0.2, 0) is 43.0 Å². The van der Waals surface area contributed by atoms with Crippen LogP contribution in [0.2, 0.25) is 0 Å². The summed E-state index contributed by atoms with van der Waals surface area (Å²) in [5.41, 5.74) is 6.73. The molecule has 2 amide bonds. The molecule has 1 aliphatic carbocycles. The molecule has 7 heteroatoms. The molecule has 0 bridgehead atoms. The number of halogens is 1. The number of esters is 1. The fourth-order valence-corrected chi connectivity index (χ4v) is 6.03. The lowest BCUT2D eigenvalue weighted by Gasteiger charge is -2.43. The number of carbonyl (C=O) groups excluding carboxylic acids is 3. The van der Waals surface area contributed by atoms with Gasteiger partial charge in [0.1, 0.15) is 5.82 Å². The van der Waals surface area contributed by atoms with Crippen LogP contribution in [0.3, 0.4) is 0 Å². The Morgan fingerprint density at radius 2 is 1.54 bits per heavy atom. The average molecular weight is 529 g/mol. The van der Waals surface area contributed by atoms with Gasteiger partial charge in [-0.1, -0.05) is 66.7 Å². The van der Waals surface area contributed by atoms with Crippen molar-refractivity contribution in [2.75, 3.05) is 13.1 Å². The van der Waals surface area contributed by atoms with E-state index in [1.807, 2.05) is 54.6 Å². The van der Waals surface area contributed by atoms with Gasteiger partial charge >= 0.3 is 5.97 Å². The summed E-state index contributed by atoms with van der Waals surface area (Å²) in [5.74, 6) is -1.47. The summed E-state index contributed by atoms with van der Waals surface area (Å²) in [6, 6.07) is 23.1. The van der Waals surface area contributed by atoms with Crippen molar-refractivity contribution in [2.45, 2.75) is 56.0 Å². The number of fused-ring (bicyclic) bond motifs is 1. The lowest BCUT2D eigenvalue weighted by molar-refractivity contribution is -0.178. The quantitative estimate of drug-likeness (QED) is 0.455. The van der Waals surface area contributed by atoms with E-state index in [1.54, 1.807) is 17.0 Å². The van der Waals surface area contributed by atoms with Crippen LogP contribution in [0, 0.1) is 5.82 Å². The van der Waals surface area contributed by atoms with E-state index in [-0.39, 0.29) is 11.7 Å². The summed E-state index contributed by atoms with van der Waals surface area (Å²) in [7, 11) is 0. The Bertz CT molecular complexity index is 1350. The smallest absolute Gasteiger partial charge is 0.318 e. The van der Waals surface area contributed by atoms with Crippen molar-refractivity contribution in [3.8, 4) is 0 Å². The van der Waals surface area contributed by atoms with E-state index < -0.39 is 22.9 Å². The van der Waals surface area contributed by atoms with Crippen molar-refractivity contribution in [2.24, 2.45) is 5.73 Å². The van der Waals surface area contributed by atoms with Gasteiger partial charge in [0, 0.05) is 31.5 Å². The molecule has 1 heterocycles. The highest BCUT2D eigenvalue weighted by Crippen LogP contribution is 2.43. The van der Waals surface area contributed by atoms with Crippen molar-refractivity contribution >= 4 is 17.8 Å². The van der Waals surface area contributed by atoms with Crippen molar-refractivity contribution < 1.29 is 23.5 Å². The van der Waals surface area contributed by atoms with Crippen LogP contribution in [-0.4, -0.2) is 35.8 Å². The Morgan fingerprint density at radius 3 is 2.23 bits per heavy atom. The molecule has 2 aliphatic rings. The van der Waals surface area contributed by atoms with Crippen molar-refractivity contribution in [3.63, 3.8) is 0 Å². The van der Waals surface area contributed by atoms with Crippen LogP contribution in [0.4, 0.5) is 4.39 Å². The number of aryl methyl sites for hydroxylation is 2. The Morgan fingerprint density at radius 1 is 0.872 bits per heavy atom. The largest absolute Gasteiger partial charge is 0.443 e. The molecule has 0 saturated carbocycles. The highest BCUT2D eigenvalue weighted by Gasteiger charge is 2.52. The molecule has 39 heavy (non-hydrogen) atoms. The third kappa shape index (κ3) is 5.18. The summed E-state index contributed by atoms with van der Waals surface area (Å²) >= 11 is 0. The topological polar surface area (TPSA) is 89.7 Å². The predicted octanol–water partition coefficient (Wildman–Crippen LogP) is 4.58. The molecule has 0 radical (unpaired) electrons. The second-order valence-corrected chi connectivity index (χ2v) is 10.5. The van der Waals surface area contributed by atoms with Gasteiger partial charge in [-0.2, -0.15) is 0 Å². The van der Waals surface area contributed by atoms with Crippen molar-refractivity contribution in [3.05, 3.63) is 107 Å². The first-order valence-corrected chi connectivity index (χ1v) is 13.5. The van der Waals surface area contributed by atoms with E-state index in [4.69, 9.17) is 10.5 Å². The summed E-state index contributed by atoms with van der Waals surface area (Å²) in [5, 5.41) is 0. The average Bonchev–Trinajstić information content (AvgIpc) is 2.97. The van der Waals surface area contributed by atoms with E-state index in [0.717, 1.165) is 23.1 Å². The Hall–Kier alpha value is -4.00. The van der Waals surface area contributed by atoms with Gasteiger partial charge in [0.25, 0.3) is 5.91 Å². The first kappa shape index (κ1) is 26.6. The van der Waals surface area contributed by atoms with Crippen LogP contribution in [0.15, 0.2) is 78.9 Å². The second-order valence-electron chi connectivity index (χ2n) is 10.5. The number of piperidine rings is 1. The van der Waals surface area contributed by atoms with Gasteiger partial charge in [0.15, 0.2) is 0 Å². The number of amides is 2. The molecule has 3 aromatic rings. The maximum absolute atomic E-state index is 14.2. The summed E-state index contributed by atoms with van der Waals surface area (Å²) in [6.07, 6.45) is 3.37. The van der Waals surface area contributed by atoms with Crippen LogP contribution >= 0.6 is 0 Å². The number of hydrogen-bond donors (Lipinski definition) is 1. The van der Waals surface area contributed by atoms with Crippen LogP contribution in [0.1, 0.15) is 54.4 Å². The Labute approximate surface area is 228 Å². The van der Waals surface area contributed by atoms with Crippen LogP contribution < -0.4 is 5.73 Å². The van der Waals surface area contributed by atoms with E-state index in [0.29, 0.717) is 57.2 Å². The number of primary amides is 1. The maximum Gasteiger partial charge on any atom is 0.318 e. The minimum Gasteiger partial charge on any atom is -0.443 e. The molecular formula is C32H33FN2O4. The number of hydrogen-bond acceptors (Lipinski definition) is 4. The van der Waals surface area contributed by atoms with E-state index >= 15 is 0 Å². The van der Waals surface area contributed by atoms with Crippen molar-refractivity contribution in [1.82, 2.24) is 4.90 Å². The third-order valence-corrected chi connectivity index (χ3v) is 8.32. The Balaban J connectivity index is 1.36. The van der Waals surface area contributed by atoms with Gasteiger partial charge in [-0.15, -0.1) is 0 Å². The normalized spacial score (nSPS) is 20.1. The molecule has 1 fully saturated rings. The molecule has 1 saturated heterocycles. The molecule has 6 nitrogen and oxygen atoms in total. The third-order valence-electron chi connectivity index (χ3n) is 8.32. The molecule has 1 unspecified atom stereocenters. The highest BCUT2D eigenvalue weighted by atomic mass is 19.1. The van der Waals surface area contributed by atoms with Gasteiger partial charge in [-0.05, 0) is 60.9 Å². The number of likely N-dealkylation sites (tertiary alicyclic amines) is 1. The first-order chi connectivity index (χ1) is 18.8. The summed E-state index contributed by atoms with van der Waals surface area (Å²) in [4.78, 5) is 41.9.